The Hall–Kier alpha value is -1.27. The average Bonchev–Trinajstić information content (AvgIpc) is 3.45. The summed E-state index contributed by atoms with van der Waals surface area (Å²) in [4.78, 5) is 13.2. The predicted octanol–water partition coefficient (Wildman–Crippen LogP) is 12.2. The van der Waals surface area contributed by atoms with E-state index in [0.717, 1.165) is 38.5 Å². The normalized spacial score (nSPS) is 24.5. The number of carbonyl (C=O) groups excluding carboxylic acids is 1. The van der Waals surface area contributed by atoms with Crippen molar-refractivity contribution in [3.8, 4) is 0 Å². The number of nitrogens with one attached hydrogen (secondary N) is 1. The van der Waals surface area contributed by atoms with Crippen LogP contribution in [-0.2, 0) is 23.7 Å². The van der Waals surface area contributed by atoms with E-state index in [0.29, 0.717) is 6.42 Å². The fraction of sp³-hybridized carbons (Fsp3) is 0.953. The molecule has 14 heteroatoms. The molecule has 0 aromatic carbocycles. The number of amides is 1. The lowest BCUT2D eigenvalue weighted by molar-refractivity contribution is -0.359. The molecule has 2 fully saturated rings. The Morgan fingerprint density at radius 3 is 1.18 bits per heavy atom. The summed E-state index contributed by atoms with van der Waals surface area (Å²) in [6.07, 6.45) is 43.0. The van der Waals surface area contributed by atoms with E-state index in [1.807, 2.05) is 6.08 Å². The lowest BCUT2D eigenvalue weighted by Gasteiger charge is -2.46. The van der Waals surface area contributed by atoms with Gasteiger partial charge in [-0.2, -0.15) is 0 Å². The quantitative estimate of drug-likeness (QED) is 0.0204. The standard InChI is InChI=1S/C64H123NO13/c1-3-5-7-9-11-13-15-16-17-18-19-20-21-22-23-24-25-26-27-28-29-30-31-32-33-34-35-36-38-40-42-44-46-48-56(69)65-52(53(68)47-45-43-41-39-37-14-12-10-8-6-4-2)51-75-63-61(74)59(72)62(55(50-67)77-63)78-64-60(73)58(71)57(70)54(49-66)76-64/h45,47,52-55,57-64,66-68,70-74H,3-44,46,48-51H2,1-2H3,(H,65,69)/b47-45+. The smallest absolute Gasteiger partial charge is 0.220 e. The van der Waals surface area contributed by atoms with E-state index < -0.39 is 86.8 Å². The zero-order chi connectivity index (χ0) is 56.7. The van der Waals surface area contributed by atoms with Crippen molar-refractivity contribution in [2.24, 2.45) is 0 Å². The minimum Gasteiger partial charge on any atom is -0.394 e. The molecular formula is C64H123NO13. The van der Waals surface area contributed by atoms with Crippen LogP contribution in [0.5, 0.6) is 0 Å². The second-order valence-electron chi connectivity index (χ2n) is 23.6. The molecule has 462 valence electrons. The van der Waals surface area contributed by atoms with Crippen LogP contribution < -0.4 is 5.32 Å². The molecule has 12 unspecified atom stereocenters. The molecule has 2 aliphatic rings. The third-order valence-electron chi connectivity index (χ3n) is 16.5. The summed E-state index contributed by atoms with van der Waals surface area (Å²) in [6, 6.07) is -0.909. The first-order chi connectivity index (χ1) is 38.1. The molecule has 0 aromatic rings. The molecule has 0 radical (unpaired) electrons. The van der Waals surface area contributed by atoms with Crippen LogP contribution in [0.1, 0.15) is 296 Å². The van der Waals surface area contributed by atoms with Crippen LogP contribution >= 0.6 is 0 Å². The van der Waals surface area contributed by atoms with E-state index in [2.05, 4.69) is 19.2 Å². The van der Waals surface area contributed by atoms with Crippen molar-refractivity contribution in [1.29, 1.82) is 0 Å². The van der Waals surface area contributed by atoms with Gasteiger partial charge in [-0.25, -0.2) is 0 Å². The van der Waals surface area contributed by atoms with Gasteiger partial charge in [-0.05, 0) is 19.3 Å². The van der Waals surface area contributed by atoms with Gasteiger partial charge in [0.05, 0.1) is 32.0 Å². The average molecular weight is 1110 g/mol. The molecule has 12 atom stereocenters. The SMILES string of the molecule is CCCCCCCCCCC/C=C/C(O)C(COC1OC(CO)C(OC2OC(CO)C(O)C(O)C2O)C(O)C1O)NC(=O)CCCCCCCCCCCCCCCCCCCCCCCCCCCCCCCCCCC. The molecule has 0 spiro atoms. The van der Waals surface area contributed by atoms with Crippen LogP contribution in [0.15, 0.2) is 12.2 Å². The minimum absolute atomic E-state index is 0.234. The molecule has 14 nitrogen and oxygen atoms in total. The van der Waals surface area contributed by atoms with E-state index in [1.54, 1.807) is 6.08 Å². The minimum atomic E-state index is -1.79. The number of aliphatic hydroxyl groups is 8. The molecule has 1 amide bonds. The van der Waals surface area contributed by atoms with E-state index in [-0.39, 0.29) is 18.9 Å². The molecule has 2 aliphatic heterocycles. The van der Waals surface area contributed by atoms with Crippen LogP contribution in [0, 0.1) is 0 Å². The van der Waals surface area contributed by atoms with E-state index in [1.165, 1.54) is 231 Å². The first-order valence-corrected chi connectivity index (χ1v) is 32.9. The molecule has 0 bridgehead atoms. The summed E-state index contributed by atoms with van der Waals surface area (Å²) in [5.41, 5.74) is 0. The molecule has 0 saturated carbocycles. The maximum atomic E-state index is 13.2. The first kappa shape index (κ1) is 72.8. The monoisotopic (exact) mass is 1110 g/mol. The molecule has 2 saturated heterocycles. The highest BCUT2D eigenvalue weighted by Crippen LogP contribution is 2.30. The number of ether oxygens (including phenoxy) is 4. The Morgan fingerprint density at radius 1 is 0.449 bits per heavy atom. The van der Waals surface area contributed by atoms with Gasteiger partial charge in [0, 0.05) is 6.42 Å². The van der Waals surface area contributed by atoms with Gasteiger partial charge in [-0.3, -0.25) is 4.79 Å². The summed E-state index contributed by atoms with van der Waals surface area (Å²) in [6.45, 7) is 2.81. The third kappa shape index (κ3) is 35.0. The van der Waals surface area contributed by atoms with Gasteiger partial charge < -0.3 is 65.1 Å². The zero-order valence-electron chi connectivity index (χ0n) is 49.9. The molecule has 2 rings (SSSR count). The number of aliphatic hydroxyl groups excluding tert-OH is 8. The third-order valence-corrected chi connectivity index (χ3v) is 16.5. The van der Waals surface area contributed by atoms with Crippen LogP contribution in [0.2, 0.25) is 0 Å². The van der Waals surface area contributed by atoms with Crippen LogP contribution in [0.25, 0.3) is 0 Å². The number of allylic oxidation sites excluding steroid dienone is 1. The number of hydrogen-bond donors (Lipinski definition) is 9. The topological polar surface area (TPSA) is 228 Å². The van der Waals surface area contributed by atoms with Gasteiger partial charge in [0.15, 0.2) is 12.6 Å². The highest BCUT2D eigenvalue weighted by atomic mass is 16.7. The molecule has 2 heterocycles. The zero-order valence-corrected chi connectivity index (χ0v) is 49.9. The van der Waals surface area contributed by atoms with Gasteiger partial charge in [-0.1, -0.05) is 283 Å². The lowest BCUT2D eigenvalue weighted by Crippen LogP contribution is -2.65. The first-order valence-electron chi connectivity index (χ1n) is 32.9. The Bertz CT molecular complexity index is 1360. The molecule has 78 heavy (non-hydrogen) atoms. The van der Waals surface area contributed by atoms with Crippen molar-refractivity contribution >= 4 is 5.91 Å². The van der Waals surface area contributed by atoms with Crippen molar-refractivity contribution in [2.45, 2.75) is 370 Å². The van der Waals surface area contributed by atoms with Gasteiger partial charge in [0.2, 0.25) is 5.91 Å². The summed E-state index contributed by atoms with van der Waals surface area (Å²) in [5.74, 6) is -0.234. The van der Waals surface area contributed by atoms with Crippen molar-refractivity contribution in [3.63, 3.8) is 0 Å². The van der Waals surface area contributed by atoms with E-state index in [4.69, 9.17) is 18.9 Å². The number of hydrogen-bond acceptors (Lipinski definition) is 13. The molecule has 9 N–H and O–H groups in total. The van der Waals surface area contributed by atoms with Gasteiger partial charge >= 0.3 is 0 Å². The predicted molar refractivity (Wildman–Crippen MR) is 314 cm³/mol. The van der Waals surface area contributed by atoms with E-state index in [9.17, 15) is 45.6 Å². The van der Waals surface area contributed by atoms with Crippen molar-refractivity contribution < 1.29 is 64.6 Å². The van der Waals surface area contributed by atoms with Gasteiger partial charge in [-0.15, -0.1) is 0 Å². The van der Waals surface area contributed by atoms with Gasteiger partial charge in [0.25, 0.3) is 0 Å². The summed E-state index contributed by atoms with van der Waals surface area (Å²) in [7, 11) is 0. The molecule has 0 aromatic heterocycles. The van der Waals surface area contributed by atoms with Crippen LogP contribution in [-0.4, -0.2) is 140 Å². The van der Waals surface area contributed by atoms with E-state index >= 15 is 0 Å². The number of rotatable bonds is 54. The fourth-order valence-electron chi connectivity index (χ4n) is 11.2. The maximum absolute atomic E-state index is 13.2. The Kier molecular flexibility index (Phi) is 46.9. The second kappa shape index (κ2) is 50.3. The van der Waals surface area contributed by atoms with Crippen molar-refractivity contribution in [2.75, 3.05) is 19.8 Å². The largest absolute Gasteiger partial charge is 0.394 e. The molecular weight excluding hydrogens is 991 g/mol. The Balaban J connectivity index is 1.58. The number of carbonyl (C=O) groups is 1. The molecule has 0 aliphatic carbocycles. The summed E-state index contributed by atoms with van der Waals surface area (Å²) in [5, 5.41) is 87.0. The van der Waals surface area contributed by atoms with Gasteiger partial charge in [0.1, 0.15) is 48.8 Å². The van der Waals surface area contributed by atoms with Crippen LogP contribution in [0.4, 0.5) is 0 Å². The Labute approximate surface area is 476 Å². The maximum Gasteiger partial charge on any atom is 0.220 e. The number of unbranched alkanes of at least 4 members (excludes halogenated alkanes) is 41. The summed E-state index contributed by atoms with van der Waals surface area (Å²) >= 11 is 0. The lowest BCUT2D eigenvalue weighted by atomic mass is 9.97. The Morgan fingerprint density at radius 2 is 0.795 bits per heavy atom. The highest BCUT2D eigenvalue weighted by molar-refractivity contribution is 5.76. The highest BCUT2D eigenvalue weighted by Gasteiger charge is 2.51. The van der Waals surface area contributed by atoms with Crippen molar-refractivity contribution in [1.82, 2.24) is 5.32 Å². The summed E-state index contributed by atoms with van der Waals surface area (Å²) < 4.78 is 22.8. The second-order valence-corrected chi connectivity index (χ2v) is 23.6. The van der Waals surface area contributed by atoms with Crippen LogP contribution in [0.3, 0.4) is 0 Å². The fourth-order valence-corrected chi connectivity index (χ4v) is 11.2. The van der Waals surface area contributed by atoms with Crippen molar-refractivity contribution in [3.05, 3.63) is 12.2 Å².